The highest BCUT2D eigenvalue weighted by atomic mass is 16.1. The summed E-state index contributed by atoms with van der Waals surface area (Å²) < 4.78 is 1.80. The Labute approximate surface area is 87.1 Å². The average molecular weight is 204 g/mol. The maximum atomic E-state index is 11.6. The van der Waals surface area contributed by atoms with Crippen molar-refractivity contribution in [2.45, 2.75) is 19.9 Å². The third-order valence-electron chi connectivity index (χ3n) is 2.14. The number of H-pyrrole nitrogens is 1. The van der Waals surface area contributed by atoms with Crippen LogP contribution in [-0.4, -0.2) is 25.5 Å². The van der Waals surface area contributed by atoms with Crippen LogP contribution >= 0.6 is 0 Å². The molecule has 0 fully saturated rings. The molecule has 1 N–H and O–H groups in total. The lowest BCUT2D eigenvalue weighted by atomic mass is 10.2. The van der Waals surface area contributed by atoms with Crippen molar-refractivity contribution in [1.82, 2.24) is 19.7 Å². The van der Waals surface area contributed by atoms with Crippen LogP contribution in [0.4, 0.5) is 0 Å². The molecule has 0 aliphatic rings. The number of hydrogen-bond acceptors (Lipinski definition) is 3. The molecule has 0 spiro atoms. The van der Waals surface area contributed by atoms with Crippen LogP contribution in [0.1, 0.15) is 23.1 Å². The Morgan fingerprint density at radius 2 is 2.47 bits per heavy atom. The first kappa shape index (κ1) is 9.64. The quantitative estimate of drug-likeness (QED) is 0.757. The van der Waals surface area contributed by atoms with Gasteiger partial charge in [-0.15, -0.1) is 0 Å². The predicted octanol–water partition coefficient (Wildman–Crippen LogP) is 1.05. The van der Waals surface area contributed by atoms with Gasteiger partial charge in [0.05, 0.1) is 6.20 Å². The van der Waals surface area contributed by atoms with Crippen LogP contribution in [0.15, 0.2) is 24.8 Å². The monoisotopic (exact) mass is 204 g/mol. The number of nitrogens with zero attached hydrogens (tertiary/aromatic N) is 3. The summed E-state index contributed by atoms with van der Waals surface area (Å²) in [7, 11) is 0. The molecule has 5 nitrogen and oxygen atoms in total. The van der Waals surface area contributed by atoms with Crippen molar-refractivity contribution in [2.24, 2.45) is 0 Å². The van der Waals surface area contributed by atoms with Gasteiger partial charge in [-0.25, -0.2) is 4.98 Å². The lowest BCUT2D eigenvalue weighted by molar-refractivity contribution is 0.0984. The molecule has 0 aromatic carbocycles. The van der Waals surface area contributed by atoms with Crippen molar-refractivity contribution in [2.75, 3.05) is 0 Å². The minimum atomic E-state index is -0.0179. The second-order valence-corrected chi connectivity index (χ2v) is 3.24. The maximum absolute atomic E-state index is 11.6. The highest BCUT2D eigenvalue weighted by Crippen LogP contribution is 2.03. The first-order valence-electron chi connectivity index (χ1n) is 4.83. The summed E-state index contributed by atoms with van der Waals surface area (Å²) in [6, 6.07) is 0. The molecule has 0 radical (unpaired) electrons. The van der Waals surface area contributed by atoms with Crippen molar-refractivity contribution in [3.63, 3.8) is 0 Å². The molecule has 0 saturated carbocycles. The predicted molar refractivity (Wildman–Crippen MR) is 54.5 cm³/mol. The molecular formula is C10H12N4O. The van der Waals surface area contributed by atoms with Gasteiger partial charge in [0, 0.05) is 31.6 Å². The number of carbonyl (C=O) groups is 1. The average Bonchev–Trinajstić information content (AvgIpc) is 2.87. The highest BCUT2D eigenvalue weighted by Gasteiger charge is 2.10. The first-order valence-corrected chi connectivity index (χ1v) is 4.83. The number of Topliss-reactive ketones (excluding diaryl/α,β-unsaturated/α-hetero) is 1. The molecule has 2 heterocycles. The smallest absolute Gasteiger partial charge is 0.202 e. The SMILES string of the molecule is CCn1cc(CC(=O)c2ncc[nH]2)cn1. The Hall–Kier alpha value is -1.91. The van der Waals surface area contributed by atoms with Gasteiger partial charge in [0.15, 0.2) is 5.82 Å². The van der Waals surface area contributed by atoms with Crippen LogP contribution in [0.3, 0.4) is 0 Å². The van der Waals surface area contributed by atoms with Crippen LogP contribution in [0.2, 0.25) is 0 Å². The summed E-state index contributed by atoms with van der Waals surface area (Å²) in [4.78, 5) is 18.3. The Bertz CT molecular complexity index is 444. The maximum Gasteiger partial charge on any atom is 0.202 e. The zero-order chi connectivity index (χ0) is 10.7. The summed E-state index contributed by atoms with van der Waals surface area (Å²) in [5.74, 6) is 0.384. The van der Waals surface area contributed by atoms with Crippen molar-refractivity contribution in [3.05, 3.63) is 36.2 Å². The van der Waals surface area contributed by atoms with E-state index in [1.165, 1.54) is 0 Å². The summed E-state index contributed by atoms with van der Waals surface area (Å²) >= 11 is 0. The van der Waals surface area contributed by atoms with Gasteiger partial charge in [-0.05, 0) is 12.5 Å². The lowest BCUT2D eigenvalue weighted by Gasteiger charge is -1.94. The molecule has 0 aliphatic carbocycles. The standard InChI is InChI=1S/C10H12N4O/c1-2-14-7-8(6-13-14)5-9(15)10-11-3-4-12-10/h3-4,6-7H,2,5H2,1H3,(H,11,12). The van der Waals surface area contributed by atoms with E-state index in [9.17, 15) is 4.79 Å². The summed E-state index contributed by atoms with van der Waals surface area (Å²) in [6.07, 6.45) is 7.14. The topological polar surface area (TPSA) is 63.6 Å². The van der Waals surface area contributed by atoms with Crippen molar-refractivity contribution >= 4 is 5.78 Å². The molecule has 78 valence electrons. The van der Waals surface area contributed by atoms with E-state index in [-0.39, 0.29) is 5.78 Å². The van der Waals surface area contributed by atoms with E-state index in [4.69, 9.17) is 0 Å². The summed E-state index contributed by atoms with van der Waals surface area (Å²) in [5.41, 5.74) is 0.915. The van der Waals surface area contributed by atoms with E-state index in [1.54, 1.807) is 23.3 Å². The highest BCUT2D eigenvalue weighted by molar-refractivity contribution is 5.93. The molecule has 5 heteroatoms. The van der Waals surface area contributed by atoms with Crippen LogP contribution in [-0.2, 0) is 13.0 Å². The van der Waals surface area contributed by atoms with Gasteiger partial charge in [0.2, 0.25) is 5.78 Å². The third kappa shape index (κ3) is 2.12. The largest absolute Gasteiger partial charge is 0.342 e. The van der Waals surface area contributed by atoms with Crippen molar-refractivity contribution < 1.29 is 4.79 Å². The number of hydrogen-bond donors (Lipinski definition) is 1. The van der Waals surface area contributed by atoms with Gasteiger partial charge in [-0.2, -0.15) is 5.10 Å². The van der Waals surface area contributed by atoms with Crippen LogP contribution < -0.4 is 0 Å². The molecule has 0 aliphatic heterocycles. The van der Waals surface area contributed by atoms with E-state index in [0.717, 1.165) is 12.1 Å². The molecule has 0 unspecified atom stereocenters. The Kier molecular flexibility index (Phi) is 2.62. The number of aromatic amines is 1. The molecule has 0 atom stereocenters. The van der Waals surface area contributed by atoms with Gasteiger partial charge >= 0.3 is 0 Å². The van der Waals surface area contributed by atoms with Gasteiger partial charge < -0.3 is 4.98 Å². The van der Waals surface area contributed by atoms with Gasteiger partial charge in [0.1, 0.15) is 0 Å². The second-order valence-electron chi connectivity index (χ2n) is 3.24. The van der Waals surface area contributed by atoms with Gasteiger partial charge in [0.25, 0.3) is 0 Å². The van der Waals surface area contributed by atoms with E-state index in [1.807, 2.05) is 13.1 Å². The van der Waals surface area contributed by atoms with E-state index >= 15 is 0 Å². The molecule has 15 heavy (non-hydrogen) atoms. The fraction of sp³-hybridized carbons (Fsp3) is 0.300. The van der Waals surface area contributed by atoms with Gasteiger partial charge in [-0.3, -0.25) is 9.48 Å². The number of nitrogens with one attached hydrogen (secondary N) is 1. The first-order chi connectivity index (χ1) is 7.29. The molecule has 2 aromatic rings. The number of aryl methyl sites for hydroxylation is 1. The van der Waals surface area contributed by atoms with Crippen LogP contribution in [0.5, 0.6) is 0 Å². The number of imidazole rings is 1. The summed E-state index contributed by atoms with van der Waals surface area (Å²) in [6.45, 7) is 2.82. The minimum Gasteiger partial charge on any atom is -0.342 e. The molecule has 0 bridgehead atoms. The minimum absolute atomic E-state index is 0.0179. The molecule has 2 aromatic heterocycles. The molecular weight excluding hydrogens is 192 g/mol. The normalized spacial score (nSPS) is 10.5. The van der Waals surface area contributed by atoms with E-state index in [2.05, 4.69) is 15.1 Å². The van der Waals surface area contributed by atoms with E-state index < -0.39 is 0 Å². The number of ketones is 1. The van der Waals surface area contributed by atoms with Crippen molar-refractivity contribution in [3.8, 4) is 0 Å². The summed E-state index contributed by atoms with van der Waals surface area (Å²) in [5, 5.41) is 4.10. The Morgan fingerprint density at radius 3 is 3.07 bits per heavy atom. The second kappa shape index (κ2) is 4.08. The molecule has 0 amide bonds. The van der Waals surface area contributed by atoms with Crippen LogP contribution in [0, 0.1) is 0 Å². The number of carbonyl (C=O) groups excluding carboxylic acids is 1. The Morgan fingerprint density at radius 1 is 1.60 bits per heavy atom. The van der Waals surface area contributed by atoms with Crippen LogP contribution in [0.25, 0.3) is 0 Å². The lowest BCUT2D eigenvalue weighted by Crippen LogP contribution is -2.05. The van der Waals surface area contributed by atoms with E-state index in [0.29, 0.717) is 12.2 Å². The Balaban J connectivity index is 2.06. The molecule has 0 saturated heterocycles. The molecule has 2 rings (SSSR count). The van der Waals surface area contributed by atoms with Crippen molar-refractivity contribution in [1.29, 1.82) is 0 Å². The van der Waals surface area contributed by atoms with Gasteiger partial charge in [-0.1, -0.05) is 0 Å². The number of aromatic nitrogens is 4. The zero-order valence-electron chi connectivity index (χ0n) is 8.47. The fourth-order valence-corrected chi connectivity index (χ4v) is 1.36. The number of rotatable bonds is 4. The third-order valence-corrected chi connectivity index (χ3v) is 2.14. The fourth-order valence-electron chi connectivity index (χ4n) is 1.36. The zero-order valence-corrected chi connectivity index (χ0v) is 8.47.